The van der Waals surface area contributed by atoms with Gasteiger partial charge >= 0.3 is 0 Å². The van der Waals surface area contributed by atoms with Gasteiger partial charge in [0.05, 0.1) is 16.2 Å². The number of carbonyl (C=O) groups excluding carboxylic acids is 1. The van der Waals surface area contributed by atoms with Crippen LogP contribution in [0.4, 0.5) is 4.39 Å². The fourth-order valence-corrected chi connectivity index (χ4v) is 2.21. The highest BCUT2D eigenvalue weighted by molar-refractivity contribution is 6.34. The molecule has 0 spiro atoms. The molecule has 0 bridgehead atoms. The smallest absolute Gasteiger partial charge is 0.253 e. The Kier molecular flexibility index (Phi) is 5.32. The molecule has 0 aliphatic heterocycles. The zero-order valence-corrected chi connectivity index (χ0v) is 12.1. The number of rotatable bonds is 5. The SMILES string of the molecule is CC(C)CC(C)(O)CNC(=O)c1cccc(F)c1Cl. The summed E-state index contributed by atoms with van der Waals surface area (Å²) < 4.78 is 13.2. The minimum absolute atomic E-state index is 0.0713. The van der Waals surface area contributed by atoms with Gasteiger partial charge in [0.1, 0.15) is 5.82 Å². The molecule has 3 nitrogen and oxygen atoms in total. The van der Waals surface area contributed by atoms with Gasteiger partial charge in [0.2, 0.25) is 0 Å². The van der Waals surface area contributed by atoms with E-state index in [1.165, 1.54) is 18.2 Å². The highest BCUT2D eigenvalue weighted by atomic mass is 35.5. The van der Waals surface area contributed by atoms with Crippen LogP contribution in [0.5, 0.6) is 0 Å². The fraction of sp³-hybridized carbons (Fsp3) is 0.500. The molecule has 1 rings (SSSR count). The van der Waals surface area contributed by atoms with Crippen molar-refractivity contribution in [1.82, 2.24) is 5.32 Å². The summed E-state index contributed by atoms with van der Waals surface area (Å²) in [7, 11) is 0. The van der Waals surface area contributed by atoms with E-state index in [0.717, 1.165) is 0 Å². The van der Waals surface area contributed by atoms with Crippen LogP contribution in [0.15, 0.2) is 18.2 Å². The topological polar surface area (TPSA) is 49.3 Å². The van der Waals surface area contributed by atoms with Crippen molar-refractivity contribution in [2.75, 3.05) is 6.54 Å². The molecule has 1 aromatic rings. The third-order valence-corrected chi connectivity index (χ3v) is 3.06. The zero-order chi connectivity index (χ0) is 14.6. The average molecular weight is 288 g/mol. The average Bonchev–Trinajstić information content (AvgIpc) is 2.28. The number of hydrogen-bond acceptors (Lipinski definition) is 2. The van der Waals surface area contributed by atoms with Crippen LogP contribution >= 0.6 is 11.6 Å². The van der Waals surface area contributed by atoms with Crippen LogP contribution in [-0.2, 0) is 0 Å². The second-order valence-electron chi connectivity index (χ2n) is 5.38. The Morgan fingerprint density at radius 2 is 2.16 bits per heavy atom. The van der Waals surface area contributed by atoms with Gasteiger partial charge in [0.15, 0.2) is 0 Å². The maximum absolute atomic E-state index is 13.2. The van der Waals surface area contributed by atoms with E-state index in [-0.39, 0.29) is 17.1 Å². The molecule has 19 heavy (non-hydrogen) atoms. The molecule has 0 saturated heterocycles. The van der Waals surface area contributed by atoms with Gasteiger partial charge in [0, 0.05) is 6.54 Å². The summed E-state index contributed by atoms with van der Waals surface area (Å²) >= 11 is 5.72. The first-order valence-corrected chi connectivity index (χ1v) is 6.55. The molecule has 1 aromatic carbocycles. The number of nitrogens with one attached hydrogen (secondary N) is 1. The molecular weight excluding hydrogens is 269 g/mol. The number of aliphatic hydroxyl groups is 1. The first kappa shape index (κ1) is 15.9. The molecule has 0 aliphatic carbocycles. The number of hydrogen-bond donors (Lipinski definition) is 2. The Labute approximate surface area is 117 Å². The normalized spacial score (nSPS) is 14.3. The highest BCUT2D eigenvalue weighted by Gasteiger charge is 2.23. The fourth-order valence-electron chi connectivity index (χ4n) is 2.00. The van der Waals surface area contributed by atoms with Crippen molar-refractivity contribution in [3.8, 4) is 0 Å². The molecule has 0 radical (unpaired) electrons. The van der Waals surface area contributed by atoms with E-state index >= 15 is 0 Å². The molecule has 1 atom stereocenters. The van der Waals surface area contributed by atoms with Crippen LogP contribution in [-0.4, -0.2) is 23.2 Å². The van der Waals surface area contributed by atoms with Gasteiger partial charge in [-0.15, -0.1) is 0 Å². The molecule has 106 valence electrons. The van der Waals surface area contributed by atoms with Gasteiger partial charge in [-0.2, -0.15) is 0 Å². The van der Waals surface area contributed by atoms with Gasteiger partial charge in [-0.3, -0.25) is 4.79 Å². The van der Waals surface area contributed by atoms with Crippen molar-refractivity contribution in [1.29, 1.82) is 0 Å². The second-order valence-corrected chi connectivity index (χ2v) is 5.76. The van der Waals surface area contributed by atoms with E-state index in [1.54, 1.807) is 6.92 Å². The largest absolute Gasteiger partial charge is 0.388 e. The Morgan fingerprint density at radius 3 is 2.74 bits per heavy atom. The molecule has 2 N–H and O–H groups in total. The van der Waals surface area contributed by atoms with Crippen LogP contribution in [0.25, 0.3) is 0 Å². The van der Waals surface area contributed by atoms with E-state index in [0.29, 0.717) is 12.3 Å². The predicted octanol–water partition coefficient (Wildman–Crippen LogP) is 3.01. The summed E-state index contributed by atoms with van der Waals surface area (Å²) in [5.74, 6) is -0.818. The molecule has 0 heterocycles. The van der Waals surface area contributed by atoms with Crippen LogP contribution in [0.2, 0.25) is 5.02 Å². The lowest BCUT2D eigenvalue weighted by atomic mass is 9.94. The number of carbonyl (C=O) groups is 1. The van der Waals surface area contributed by atoms with E-state index in [1.807, 2.05) is 13.8 Å². The van der Waals surface area contributed by atoms with Gasteiger partial charge in [-0.25, -0.2) is 4.39 Å². The van der Waals surface area contributed by atoms with Crippen LogP contribution in [0.1, 0.15) is 37.6 Å². The number of halogens is 2. The Bertz CT molecular complexity index is 461. The van der Waals surface area contributed by atoms with E-state index in [2.05, 4.69) is 5.32 Å². The van der Waals surface area contributed by atoms with Crippen molar-refractivity contribution >= 4 is 17.5 Å². The van der Waals surface area contributed by atoms with E-state index in [4.69, 9.17) is 11.6 Å². The molecule has 1 unspecified atom stereocenters. The number of benzene rings is 1. The Morgan fingerprint density at radius 1 is 1.53 bits per heavy atom. The summed E-state index contributed by atoms with van der Waals surface area (Å²) in [5.41, 5.74) is -0.925. The predicted molar refractivity (Wildman–Crippen MR) is 73.8 cm³/mol. The summed E-state index contributed by atoms with van der Waals surface area (Å²) in [4.78, 5) is 11.9. The lowest BCUT2D eigenvalue weighted by molar-refractivity contribution is 0.0368. The molecule has 0 saturated carbocycles. The quantitative estimate of drug-likeness (QED) is 0.875. The van der Waals surface area contributed by atoms with Crippen molar-refractivity contribution < 1.29 is 14.3 Å². The van der Waals surface area contributed by atoms with Gasteiger partial charge in [-0.1, -0.05) is 31.5 Å². The number of amides is 1. The van der Waals surface area contributed by atoms with Crippen LogP contribution in [0.3, 0.4) is 0 Å². The zero-order valence-electron chi connectivity index (χ0n) is 11.3. The standard InChI is InChI=1S/C14H19ClFNO2/c1-9(2)7-14(3,19)8-17-13(18)10-5-4-6-11(16)12(10)15/h4-6,9,19H,7-8H2,1-3H3,(H,17,18). The van der Waals surface area contributed by atoms with Gasteiger partial charge in [-0.05, 0) is 31.4 Å². The molecule has 1 amide bonds. The summed E-state index contributed by atoms with van der Waals surface area (Å²) in [5, 5.41) is 12.5. The molecule has 0 aliphatic rings. The third kappa shape index (κ3) is 4.80. The minimum atomic E-state index is -0.996. The second kappa shape index (κ2) is 6.35. The maximum atomic E-state index is 13.2. The lowest BCUT2D eigenvalue weighted by Gasteiger charge is -2.25. The first-order chi connectivity index (χ1) is 8.73. The van der Waals surface area contributed by atoms with Gasteiger partial charge < -0.3 is 10.4 Å². The summed E-state index contributed by atoms with van der Waals surface area (Å²) in [6, 6.07) is 4.05. The Hall–Kier alpha value is -1.13. The van der Waals surface area contributed by atoms with E-state index in [9.17, 15) is 14.3 Å². The molecule has 5 heteroatoms. The van der Waals surface area contributed by atoms with Crippen LogP contribution < -0.4 is 5.32 Å². The van der Waals surface area contributed by atoms with Crippen molar-refractivity contribution in [2.45, 2.75) is 32.8 Å². The van der Waals surface area contributed by atoms with Crippen LogP contribution in [0, 0.1) is 11.7 Å². The van der Waals surface area contributed by atoms with Gasteiger partial charge in [0.25, 0.3) is 5.91 Å². The van der Waals surface area contributed by atoms with Crippen molar-refractivity contribution in [3.05, 3.63) is 34.6 Å². The third-order valence-electron chi connectivity index (χ3n) is 2.67. The summed E-state index contributed by atoms with van der Waals surface area (Å²) in [6.07, 6.45) is 0.560. The molecule has 0 aromatic heterocycles. The Balaban J connectivity index is 2.68. The summed E-state index contributed by atoms with van der Waals surface area (Å²) in [6.45, 7) is 5.72. The van der Waals surface area contributed by atoms with Crippen molar-refractivity contribution in [2.24, 2.45) is 5.92 Å². The van der Waals surface area contributed by atoms with Crippen molar-refractivity contribution in [3.63, 3.8) is 0 Å². The van der Waals surface area contributed by atoms with E-state index < -0.39 is 17.3 Å². The lowest BCUT2D eigenvalue weighted by Crippen LogP contribution is -2.41. The minimum Gasteiger partial charge on any atom is -0.388 e. The monoisotopic (exact) mass is 287 g/mol. The first-order valence-electron chi connectivity index (χ1n) is 6.17. The molecule has 0 fully saturated rings. The highest BCUT2D eigenvalue weighted by Crippen LogP contribution is 2.20. The maximum Gasteiger partial charge on any atom is 0.253 e. The molecular formula is C14H19ClFNO2.